The van der Waals surface area contributed by atoms with Crippen molar-refractivity contribution in [2.45, 2.75) is 17.1 Å². The van der Waals surface area contributed by atoms with E-state index in [1.54, 1.807) is 36.0 Å². The Balaban J connectivity index is 1.92. The highest BCUT2D eigenvalue weighted by Crippen LogP contribution is 2.39. The van der Waals surface area contributed by atoms with Crippen molar-refractivity contribution in [2.24, 2.45) is 5.10 Å². The molecule has 0 fully saturated rings. The van der Waals surface area contributed by atoms with Crippen LogP contribution in [0.1, 0.15) is 27.2 Å². The predicted octanol–water partition coefficient (Wildman–Crippen LogP) is 5.26. The molecule has 0 atom stereocenters. The SMILES string of the molecule is CSc1sc(C(=O)/C(C#N)=N/Nc2ccccc2Cl)c2c1C=CCC2. The number of halogens is 1. The van der Waals surface area contributed by atoms with E-state index in [1.165, 1.54) is 11.3 Å². The molecule has 2 aromatic rings. The molecule has 1 N–H and O–H groups in total. The average Bonchev–Trinajstić information content (AvgIpc) is 3.02. The van der Waals surface area contributed by atoms with Gasteiger partial charge >= 0.3 is 0 Å². The number of nitriles is 1. The zero-order chi connectivity index (χ0) is 17.8. The number of nitrogens with zero attached hydrogens (tertiary/aromatic N) is 2. The van der Waals surface area contributed by atoms with E-state index in [-0.39, 0.29) is 11.5 Å². The molecule has 0 aliphatic heterocycles. The number of carbonyl (C=O) groups excluding carboxylic acids is 1. The van der Waals surface area contributed by atoms with Gasteiger partial charge in [-0.2, -0.15) is 10.4 Å². The second kappa shape index (κ2) is 7.87. The third-order valence-electron chi connectivity index (χ3n) is 3.73. The van der Waals surface area contributed by atoms with Crippen LogP contribution in [0.25, 0.3) is 6.08 Å². The van der Waals surface area contributed by atoms with Crippen molar-refractivity contribution in [2.75, 3.05) is 11.7 Å². The van der Waals surface area contributed by atoms with Crippen LogP contribution in [0.15, 0.2) is 39.7 Å². The van der Waals surface area contributed by atoms with Crippen LogP contribution in [-0.2, 0) is 6.42 Å². The molecule has 1 aromatic carbocycles. The van der Waals surface area contributed by atoms with Crippen LogP contribution < -0.4 is 5.43 Å². The second-order valence-corrected chi connectivity index (χ2v) is 7.75. The monoisotopic (exact) mass is 387 g/mol. The van der Waals surface area contributed by atoms with Gasteiger partial charge in [0.1, 0.15) is 6.07 Å². The van der Waals surface area contributed by atoms with Gasteiger partial charge in [-0.25, -0.2) is 0 Å². The summed E-state index contributed by atoms with van der Waals surface area (Å²) in [6.07, 6.45) is 7.86. The smallest absolute Gasteiger partial charge is 0.234 e. The lowest BCUT2D eigenvalue weighted by molar-refractivity contribution is 0.107. The Labute approximate surface area is 159 Å². The number of rotatable bonds is 5. The number of anilines is 1. The van der Waals surface area contributed by atoms with E-state index in [4.69, 9.17) is 11.6 Å². The Morgan fingerprint density at radius 2 is 2.24 bits per heavy atom. The number of hydrazone groups is 1. The van der Waals surface area contributed by atoms with Crippen molar-refractivity contribution in [3.05, 3.63) is 51.4 Å². The molecule has 0 unspecified atom stereocenters. The van der Waals surface area contributed by atoms with E-state index in [0.29, 0.717) is 15.6 Å². The Hall–Kier alpha value is -2.07. The molecule has 0 bridgehead atoms. The van der Waals surface area contributed by atoms with Crippen LogP contribution in [0.3, 0.4) is 0 Å². The molecule has 0 spiro atoms. The lowest BCUT2D eigenvalue weighted by Gasteiger charge is -2.08. The number of carbonyl (C=O) groups is 1. The maximum absolute atomic E-state index is 12.8. The van der Waals surface area contributed by atoms with Gasteiger partial charge in [0.15, 0.2) is 0 Å². The summed E-state index contributed by atoms with van der Waals surface area (Å²) in [6, 6.07) is 8.93. The first-order valence-electron chi connectivity index (χ1n) is 7.55. The zero-order valence-electron chi connectivity index (χ0n) is 13.4. The van der Waals surface area contributed by atoms with Crippen LogP contribution >= 0.6 is 34.7 Å². The number of hydrogen-bond acceptors (Lipinski definition) is 6. The number of fused-ring (bicyclic) bond motifs is 1. The third kappa shape index (κ3) is 3.64. The molecule has 3 rings (SSSR count). The molecule has 0 saturated heterocycles. The summed E-state index contributed by atoms with van der Waals surface area (Å²) in [4.78, 5) is 13.4. The maximum atomic E-state index is 12.8. The Morgan fingerprint density at radius 3 is 2.96 bits per heavy atom. The molecule has 0 amide bonds. The topological polar surface area (TPSA) is 65.2 Å². The van der Waals surface area contributed by atoms with Gasteiger partial charge in [-0.05, 0) is 36.8 Å². The number of ketones is 1. The summed E-state index contributed by atoms with van der Waals surface area (Å²) in [5.74, 6) is -0.348. The van der Waals surface area contributed by atoms with Gasteiger partial charge in [0.25, 0.3) is 0 Å². The van der Waals surface area contributed by atoms with Crippen molar-refractivity contribution in [1.29, 1.82) is 5.26 Å². The van der Waals surface area contributed by atoms with Crippen LogP contribution in [0.2, 0.25) is 5.02 Å². The number of hydrogen-bond donors (Lipinski definition) is 1. The summed E-state index contributed by atoms with van der Waals surface area (Å²) in [5, 5.41) is 13.8. The molecule has 1 aliphatic rings. The molecular weight excluding hydrogens is 374 g/mol. The van der Waals surface area contributed by atoms with E-state index >= 15 is 0 Å². The number of para-hydroxylation sites is 1. The van der Waals surface area contributed by atoms with E-state index in [1.807, 2.05) is 12.3 Å². The van der Waals surface area contributed by atoms with Crippen molar-refractivity contribution >= 4 is 58.0 Å². The minimum Gasteiger partial charge on any atom is -0.285 e. The predicted molar refractivity (Wildman–Crippen MR) is 106 cm³/mol. The van der Waals surface area contributed by atoms with Gasteiger partial charge in [-0.3, -0.25) is 10.2 Å². The molecule has 4 nitrogen and oxygen atoms in total. The van der Waals surface area contributed by atoms with E-state index in [0.717, 1.165) is 28.2 Å². The van der Waals surface area contributed by atoms with E-state index in [9.17, 15) is 10.1 Å². The number of benzene rings is 1. The van der Waals surface area contributed by atoms with Crippen LogP contribution in [0, 0.1) is 11.3 Å². The Kier molecular flexibility index (Phi) is 5.59. The van der Waals surface area contributed by atoms with Gasteiger partial charge < -0.3 is 0 Å². The highest BCUT2D eigenvalue weighted by molar-refractivity contribution is 8.00. The second-order valence-electron chi connectivity index (χ2n) is 5.25. The Morgan fingerprint density at radius 1 is 1.44 bits per heavy atom. The van der Waals surface area contributed by atoms with E-state index < -0.39 is 0 Å². The van der Waals surface area contributed by atoms with Gasteiger partial charge in [-0.15, -0.1) is 23.1 Å². The summed E-state index contributed by atoms with van der Waals surface area (Å²) < 4.78 is 1.09. The molecule has 7 heteroatoms. The number of thioether (sulfide) groups is 1. The Bertz CT molecular complexity index is 925. The normalized spacial score (nSPS) is 13.2. The first-order chi connectivity index (χ1) is 12.2. The van der Waals surface area contributed by atoms with Crippen molar-refractivity contribution < 1.29 is 4.79 Å². The zero-order valence-corrected chi connectivity index (χ0v) is 15.8. The minimum absolute atomic E-state index is 0.175. The maximum Gasteiger partial charge on any atom is 0.234 e. The minimum atomic E-state index is -0.348. The number of allylic oxidation sites excluding steroid dienone is 1. The summed E-state index contributed by atoms with van der Waals surface area (Å²) in [6.45, 7) is 0. The number of thiophene rings is 1. The number of nitrogens with one attached hydrogen (secondary N) is 1. The standard InChI is InChI=1S/C18H14ClN3OS2/c1-24-18-12-7-3-2-6-11(12)17(25-18)16(23)15(10-20)22-21-14-9-5-4-8-13(14)19/h3-5,7-9,21H,2,6H2,1H3/b22-15+. The van der Waals surface area contributed by atoms with Gasteiger partial charge in [0, 0.05) is 5.56 Å². The summed E-state index contributed by atoms with van der Waals surface area (Å²) in [5.41, 5.74) is 5.20. The molecule has 1 aromatic heterocycles. The highest BCUT2D eigenvalue weighted by Gasteiger charge is 2.25. The quantitative estimate of drug-likeness (QED) is 0.329. The highest BCUT2D eigenvalue weighted by atomic mass is 35.5. The molecule has 0 radical (unpaired) electrons. The van der Waals surface area contributed by atoms with Gasteiger partial charge in [0.2, 0.25) is 11.5 Å². The molecule has 25 heavy (non-hydrogen) atoms. The van der Waals surface area contributed by atoms with Crippen molar-refractivity contribution in [1.82, 2.24) is 0 Å². The lowest BCUT2D eigenvalue weighted by atomic mass is 9.98. The van der Waals surface area contributed by atoms with E-state index in [2.05, 4.69) is 22.7 Å². The van der Waals surface area contributed by atoms with Crippen LogP contribution in [0.5, 0.6) is 0 Å². The first-order valence-corrected chi connectivity index (χ1v) is 9.96. The van der Waals surface area contributed by atoms with Crippen molar-refractivity contribution in [3.8, 4) is 6.07 Å². The summed E-state index contributed by atoms with van der Waals surface area (Å²) in [7, 11) is 0. The van der Waals surface area contributed by atoms with Crippen LogP contribution in [-0.4, -0.2) is 17.8 Å². The summed E-state index contributed by atoms with van der Waals surface area (Å²) >= 11 is 9.10. The lowest BCUT2D eigenvalue weighted by Crippen LogP contribution is -2.15. The van der Waals surface area contributed by atoms with Crippen molar-refractivity contribution in [3.63, 3.8) is 0 Å². The molecule has 1 heterocycles. The fraction of sp³-hybridized carbons (Fsp3) is 0.167. The first kappa shape index (κ1) is 17.7. The van der Waals surface area contributed by atoms with Gasteiger partial charge in [-0.1, -0.05) is 35.9 Å². The fourth-order valence-electron chi connectivity index (χ4n) is 2.54. The largest absolute Gasteiger partial charge is 0.285 e. The molecule has 126 valence electrons. The average molecular weight is 388 g/mol. The fourth-order valence-corrected chi connectivity index (χ4v) is 4.72. The molecule has 0 saturated carbocycles. The third-order valence-corrected chi connectivity index (χ3v) is 6.45. The molecular formula is C18H14ClN3OS2. The van der Waals surface area contributed by atoms with Gasteiger partial charge in [0.05, 0.1) is 19.8 Å². The number of Topliss-reactive ketones (excluding diaryl/α,β-unsaturated/α-hetero) is 1. The molecule has 1 aliphatic carbocycles. The van der Waals surface area contributed by atoms with Crippen LogP contribution in [0.4, 0.5) is 5.69 Å².